The van der Waals surface area contributed by atoms with E-state index in [9.17, 15) is 4.79 Å². The Labute approximate surface area is 183 Å². The van der Waals surface area contributed by atoms with Crippen LogP contribution in [0, 0.1) is 13.8 Å². The number of anilines is 3. The molecule has 0 aliphatic carbocycles. The van der Waals surface area contributed by atoms with Crippen molar-refractivity contribution in [3.05, 3.63) is 71.7 Å². The molecule has 7 nitrogen and oxygen atoms in total. The van der Waals surface area contributed by atoms with Crippen LogP contribution in [0.25, 0.3) is 0 Å². The van der Waals surface area contributed by atoms with Crippen molar-refractivity contribution < 1.29 is 4.79 Å². The predicted octanol–water partition coefficient (Wildman–Crippen LogP) is 3.51. The third-order valence-electron chi connectivity index (χ3n) is 5.42. The van der Waals surface area contributed by atoms with Gasteiger partial charge in [-0.3, -0.25) is 4.79 Å². The minimum absolute atomic E-state index is 0.218. The highest BCUT2D eigenvalue weighted by Gasteiger charge is 2.22. The van der Waals surface area contributed by atoms with Crippen molar-refractivity contribution in [1.29, 1.82) is 0 Å². The van der Waals surface area contributed by atoms with E-state index in [1.165, 1.54) is 5.56 Å². The second-order valence-electron chi connectivity index (χ2n) is 7.86. The molecule has 1 N–H and O–H groups in total. The number of amides is 1. The van der Waals surface area contributed by atoms with Gasteiger partial charge in [0, 0.05) is 44.9 Å². The number of pyridine rings is 1. The SMILES string of the molecule is Cc1ccnc(Nc2cc(N3CCN(C(=O)CCc4ccccc4)CC3)nc(C)n2)c1. The highest BCUT2D eigenvalue weighted by Crippen LogP contribution is 2.21. The summed E-state index contributed by atoms with van der Waals surface area (Å²) < 4.78 is 0. The molecular formula is C24H28N6O. The zero-order chi connectivity index (χ0) is 21.6. The second-order valence-corrected chi connectivity index (χ2v) is 7.86. The molecule has 2 aromatic heterocycles. The average molecular weight is 417 g/mol. The summed E-state index contributed by atoms with van der Waals surface area (Å²) in [6, 6.07) is 16.1. The van der Waals surface area contributed by atoms with Gasteiger partial charge in [-0.25, -0.2) is 15.0 Å². The first-order chi connectivity index (χ1) is 15.1. The van der Waals surface area contributed by atoms with E-state index in [0.717, 1.165) is 42.5 Å². The van der Waals surface area contributed by atoms with E-state index in [1.807, 2.05) is 55.1 Å². The lowest BCUT2D eigenvalue weighted by atomic mass is 10.1. The molecule has 1 aliphatic heterocycles. The second kappa shape index (κ2) is 9.55. The van der Waals surface area contributed by atoms with Crippen molar-refractivity contribution in [2.75, 3.05) is 36.4 Å². The summed E-state index contributed by atoms with van der Waals surface area (Å²) in [5.41, 5.74) is 2.34. The summed E-state index contributed by atoms with van der Waals surface area (Å²) in [4.78, 5) is 30.2. The lowest BCUT2D eigenvalue weighted by molar-refractivity contribution is -0.131. The first kappa shape index (κ1) is 20.8. The van der Waals surface area contributed by atoms with Gasteiger partial charge in [-0.1, -0.05) is 30.3 Å². The smallest absolute Gasteiger partial charge is 0.223 e. The van der Waals surface area contributed by atoms with E-state index in [2.05, 4.69) is 37.3 Å². The Morgan fingerprint density at radius 3 is 2.48 bits per heavy atom. The lowest BCUT2D eigenvalue weighted by Gasteiger charge is -2.35. The summed E-state index contributed by atoms with van der Waals surface area (Å²) in [5, 5.41) is 3.27. The number of rotatable bonds is 6. The third kappa shape index (κ3) is 5.57. The van der Waals surface area contributed by atoms with Crippen LogP contribution in [0.15, 0.2) is 54.7 Å². The molecule has 31 heavy (non-hydrogen) atoms. The quantitative estimate of drug-likeness (QED) is 0.663. The van der Waals surface area contributed by atoms with E-state index in [0.29, 0.717) is 25.3 Å². The van der Waals surface area contributed by atoms with E-state index in [-0.39, 0.29) is 5.91 Å². The van der Waals surface area contributed by atoms with Crippen molar-refractivity contribution >= 4 is 23.4 Å². The standard InChI is InChI=1S/C24H28N6O/c1-18-10-11-25-21(16-18)28-22-17-23(27-19(2)26-22)29-12-14-30(15-13-29)24(31)9-8-20-6-4-3-5-7-20/h3-7,10-11,16-17H,8-9,12-15H2,1-2H3,(H,25,26,27,28). The van der Waals surface area contributed by atoms with Crippen LogP contribution < -0.4 is 10.2 Å². The summed E-state index contributed by atoms with van der Waals surface area (Å²) in [6.07, 6.45) is 3.11. The molecule has 0 atom stereocenters. The Bertz CT molecular complexity index is 1030. The zero-order valence-electron chi connectivity index (χ0n) is 18.1. The minimum atomic E-state index is 0.218. The van der Waals surface area contributed by atoms with Crippen LogP contribution >= 0.6 is 0 Å². The molecule has 1 aromatic carbocycles. The van der Waals surface area contributed by atoms with Gasteiger partial charge in [0.1, 0.15) is 23.3 Å². The van der Waals surface area contributed by atoms with Gasteiger partial charge in [-0.15, -0.1) is 0 Å². The number of benzene rings is 1. The van der Waals surface area contributed by atoms with Gasteiger partial charge in [0.05, 0.1) is 0 Å². The highest BCUT2D eigenvalue weighted by molar-refractivity contribution is 5.76. The van der Waals surface area contributed by atoms with E-state index < -0.39 is 0 Å². The molecule has 1 aliphatic rings. The van der Waals surface area contributed by atoms with E-state index in [4.69, 9.17) is 0 Å². The molecule has 1 amide bonds. The Kier molecular flexibility index (Phi) is 6.40. The molecule has 0 saturated carbocycles. The summed E-state index contributed by atoms with van der Waals surface area (Å²) in [7, 11) is 0. The van der Waals surface area contributed by atoms with Crippen molar-refractivity contribution in [3.63, 3.8) is 0 Å². The topological polar surface area (TPSA) is 74.2 Å². The summed E-state index contributed by atoms with van der Waals surface area (Å²) in [5.74, 6) is 3.28. The third-order valence-corrected chi connectivity index (χ3v) is 5.42. The van der Waals surface area contributed by atoms with Gasteiger partial charge in [-0.2, -0.15) is 0 Å². The maximum absolute atomic E-state index is 12.6. The normalized spacial score (nSPS) is 13.9. The van der Waals surface area contributed by atoms with Gasteiger partial charge in [0.15, 0.2) is 0 Å². The average Bonchev–Trinajstić information content (AvgIpc) is 2.78. The summed E-state index contributed by atoms with van der Waals surface area (Å²) in [6.45, 7) is 6.86. The zero-order valence-corrected chi connectivity index (χ0v) is 18.1. The van der Waals surface area contributed by atoms with Gasteiger partial charge < -0.3 is 15.1 Å². The Morgan fingerprint density at radius 1 is 0.968 bits per heavy atom. The number of carbonyl (C=O) groups excluding carboxylic acids is 1. The molecule has 3 aromatic rings. The number of aromatic nitrogens is 3. The largest absolute Gasteiger partial charge is 0.353 e. The van der Waals surface area contributed by atoms with Crippen molar-refractivity contribution in [2.24, 2.45) is 0 Å². The molecule has 0 unspecified atom stereocenters. The molecule has 4 rings (SSSR count). The van der Waals surface area contributed by atoms with Crippen LogP contribution in [-0.2, 0) is 11.2 Å². The van der Waals surface area contributed by atoms with Crippen LogP contribution in [-0.4, -0.2) is 51.9 Å². The Balaban J connectivity index is 1.35. The molecule has 0 bridgehead atoms. The fraction of sp³-hybridized carbons (Fsp3) is 0.333. The van der Waals surface area contributed by atoms with Crippen molar-refractivity contribution in [3.8, 4) is 0 Å². The first-order valence-corrected chi connectivity index (χ1v) is 10.7. The molecule has 160 valence electrons. The molecule has 7 heteroatoms. The van der Waals surface area contributed by atoms with Crippen LogP contribution in [0.5, 0.6) is 0 Å². The maximum atomic E-state index is 12.6. The number of nitrogens with one attached hydrogen (secondary N) is 1. The van der Waals surface area contributed by atoms with Gasteiger partial charge in [0.25, 0.3) is 0 Å². The highest BCUT2D eigenvalue weighted by atomic mass is 16.2. The van der Waals surface area contributed by atoms with Crippen molar-refractivity contribution in [1.82, 2.24) is 19.9 Å². The van der Waals surface area contributed by atoms with Gasteiger partial charge in [-0.05, 0) is 43.5 Å². The van der Waals surface area contributed by atoms with E-state index >= 15 is 0 Å². The fourth-order valence-electron chi connectivity index (χ4n) is 3.75. The molecule has 0 radical (unpaired) electrons. The predicted molar refractivity (Wildman–Crippen MR) is 123 cm³/mol. The molecular weight excluding hydrogens is 388 g/mol. The van der Waals surface area contributed by atoms with Crippen molar-refractivity contribution in [2.45, 2.75) is 26.7 Å². The number of carbonyl (C=O) groups is 1. The van der Waals surface area contributed by atoms with E-state index in [1.54, 1.807) is 6.20 Å². The lowest BCUT2D eigenvalue weighted by Crippen LogP contribution is -2.49. The molecule has 3 heterocycles. The number of hydrogen-bond acceptors (Lipinski definition) is 6. The number of hydrogen-bond donors (Lipinski definition) is 1. The Hall–Kier alpha value is -3.48. The number of nitrogens with zero attached hydrogens (tertiary/aromatic N) is 5. The molecule has 1 saturated heterocycles. The molecule has 1 fully saturated rings. The summed E-state index contributed by atoms with van der Waals surface area (Å²) >= 11 is 0. The Morgan fingerprint density at radius 2 is 1.74 bits per heavy atom. The fourth-order valence-corrected chi connectivity index (χ4v) is 3.75. The van der Waals surface area contributed by atoms with Crippen LogP contribution in [0.2, 0.25) is 0 Å². The van der Waals surface area contributed by atoms with Gasteiger partial charge in [0.2, 0.25) is 5.91 Å². The van der Waals surface area contributed by atoms with Gasteiger partial charge >= 0.3 is 0 Å². The number of aryl methyl sites for hydroxylation is 3. The maximum Gasteiger partial charge on any atom is 0.223 e. The monoisotopic (exact) mass is 416 g/mol. The van der Waals surface area contributed by atoms with Crippen LogP contribution in [0.3, 0.4) is 0 Å². The minimum Gasteiger partial charge on any atom is -0.353 e. The number of piperazine rings is 1. The van der Waals surface area contributed by atoms with Crippen LogP contribution in [0.4, 0.5) is 17.5 Å². The van der Waals surface area contributed by atoms with Crippen LogP contribution in [0.1, 0.15) is 23.4 Å². The first-order valence-electron chi connectivity index (χ1n) is 10.7. The molecule has 0 spiro atoms.